The number of aromatic nitrogens is 3. The predicted molar refractivity (Wildman–Crippen MR) is 62.7 cm³/mol. The van der Waals surface area contributed by atoms with Gasteiger partial charge in [-0.05, 0) is 13.3 Å². The molecule has 0 radical (unpaired) electrons. The maximum Gasteiger partial charge on any atom is 0.153 e. The molecule has 0 unspecified atom stereocenters. The molecule has 80 valence electrons. The van der Waals surface area contributed by atoms with Crippen molar-refractivity contribution >= 4 is 22.2 Å². The molecule has 0 spiro atoms. The van der Waals surface area contributed by atoms with E-state index in [1.54, 1.807) is 16.0 Å². The molecular weight excluding hydrogens is 208 g/mol. The Kier molecular flexibility index (Phi) is 2.73. The van der Waals surface area contributed by atoms with Gasteiger partial charge in [0.25, 0.3) is 0 Å². The number of thiazole rings is 1. The lowest BCUT2D eigenvalue weighted by atomic mass is 10.5. The zero-order chi connectivity index (χ0) is 10.8. The molecule has 0 fully saturated rings. The second-order valence-electron chi connectivity index (χ2n) is 3.38. The molecular formula is C10H14N4S. The van der Waals surface area contributed by atoms with Crippen LogP contribution in [0.15, 0.2) is 12.3 Å². The summed E-state index contributed by atoms with van der Waals surface area (Å²) < 4.78 is 1.78. The van der Waals surface area contributed by atoms with E-state index in [4.69, 9.17) is 0 Å². The fourth-order valence-electron chi connectivity index (χ4n) is 1.32. The monoisotopic (exact) mass is 222 g/mol. The summed E-state index contributed by atoms with van der Waals surface area (Å²) in [5.41, 5.74) is 1.04. The van der Waals surface area contributed by atoms with E-state index in [-0.39, 0.29) is 0 Å². The summed E-state index contributed by atoms with van der Waals surface area (Å²) in [5.74, 6) is 0.868. The molecule has 0 aromatic carbocycles. The summed E-state index contributed by atoms with van der Waals surface area (Å²) in [5, 5.41) is 9.79. The van der Waals surface area contributed by atoms with Gasteiger partial charge in [0.15, 0.2) is 5.82 Å². The highest BCUT2D eigenvalue weighted by Crippen LogP contribution is 2.26. The Balaban J connectivity index is 2.20. The van der Waals surface area contributed by atoms with E-state index in [9.17, 15) is 0 Å². The Morgan fingerprint density at radius 1 is 1.53 bits per heavy atom. The fraction of sp³-hybridized carbons (Fsp3) is 0.400. The summed E-state index contributed by atoms with van der Waals surface area (Å²) >= 11 is 1.69. The van der Waals surface area contributed by atoms with Gasteiger partial charge in [0.2, 0.25) is 0 Å². The van der Waals surface area contributed by atoms with Gasteiger partial charge >= 0.3 is 0 Å². The largest absolute Gasteiger partial charge is 0.329 e. The summed E-state index contributed by atoms with van der Waals surface area (Å²) in [6.07, 6.45) is 2.90. The number of anilines is 2. The molecule has 2 aromatic rings. The average molecular weight is 222 g/mol. The van der Waals surface area contributed by atoms with Crippen molar-refractivity contribution in [3.63, 3.8) is 0 Å². The van der Waals surface area contributed by atoms with E-state index in [1.807, 2.05) is 26.2 Å². The molecule has 0 bridgehead atoms. The molecule has 0 aliphatic carbocycles. The molecule has 5 heteroatoms. The van der Waals surface area contributed by atoms with E-state index in [0.717, 1.165) is 27.9 Å². The second kappa shape index (κ2) is 4.02. The van der Waals surface area contributed by atoms with Crippen molar-refractivity contribution in [2.45, 2.75) is 20.3 Å². The van der Waals surface area contributed by atoms with Gasteiger partial charge in [-0.25, -0.2) is 4.98 Å². The first-order valence-corrected chi connectivity index (χ1v) is 5.73. The van der Waals surface area contributed by atoms with Gasteiger partial charge in [0.1, 0.15) is 5.00 Å². The fourth-order valence-corrected chi connectivity index (χ4v) is 2.23. The molecule has 0 atom stereocenters. The van der Waals surface area contributed by atoms with Gasteiger partial charge in [-0.2, -0.15) is 5.10 Å². The van der Waals surface area contributed by atoms with Gasteiger partial charge in [0.05, 0.1) is 10.7 Å². The Bertz CT molecular complexity index is 458. The molecule has 2 rings (SSSR count). The molecule has 2 heterocycles. The lowest BCUT2D eigenvalue weighted by Crippen LogP contribution is -1.93. The van der Waals surface area contributed by atoms with Crippen molar-refractivity contribution in [1.82, 2.24) is 14.8 Å². The molecule has 0 saturated carbocycles. The zero-order valence-corrected chi connectivity index (χ0v) is 9.93. The highest BCUT2D eigenvalue weighted by atomic mass is 32.1. The van der Waals surface area contributed by atoms with Gasteiger partial charge in [-0.3, -0.25) is 4.68 Å². The predicted octanol–water partition coefficient (Wildman–Crippen LogP) is 2.49. The van der Waals surface area contributed by atoms with Crippen LogP contribution in [0.25, 0.3) is 0 Å². The van der Waals surface area contributed by atoms with Crippen molar-refractivity contribution in [3.8, 4) is 0 Å². The molecule has 0 aliphatic heterocycles. The lowest BCUT2D eigenvalue weighted by molar-refractivity contribution is 0.771. The molecule has 0 aliphatic rings. The van der Waals surface area contributed by atoms with Crippen LogP contribution in [0.5, 0.6) is 0 Å². The minimum Gasteiger partial charge on any atom is -0.329 e. The first kappa shape index (κ1) is 10.2. The molecule has 4 nitrogen and oxygen atoms in total. The van der Waals surface area contributed by atoms with Crippen LogP contribution < -0.4 is 5.32 Å². The average Bonchev–Trinajstić information content (AvgIpc) is 2.75. The van der Waals surface area contributed by atoms with Gasteiger partial charge < -0.3 is 5.32 Å². The maximum absolute atomic E-state index is 4.45. The van der Waals surface area contributed by atoms with E-state index < -0.39 is 0 Å². The number of aryl methyl sites for hydroxylation is 3. The topological polar surface area (TPSA) is 42.7 Å². The number of hydrogen-bond donors (Lipinski definition) is 1. The smallest absolute Gasteiger partial charge is 0.153 e. The lowest BCUT2D eigenvalue weighted by Gasteiger charge is -1.98. The van der Waals surface area contributed by atoms with Crippen LogP contribution in [0, 0.1) is 6.92 Å². The third-order valence-electron chi connectivity index (χ3n) is 2.10. The highest BCUT2D eigenvalue weighted by Gasteiger charge is 2.07. The van der Waals surface area contributed by atoms with Crippen molar-refractivity contribution in [2.75, 3.05) is 5.32 Å². The van der Waals surface area contributed by atoms with Crippen molar-refractivity contribution in [3.05, 3.63) is 23.0 Å². The third kappa shape index (κ3) is 2.18. The summed E-state index contributed by atoms with van der Waals surface area (Å²) in [7, 11) is 1.90. The normalized spacial score (nSPS) is 10.6. The zero-order valence-electron chi connectivity index (χ0n) is 9.11. The summed E-state index contributed by atoms with van der Waals surface area (Å²) in [6, 6.07) is 1.95. The Labute approximate surface area is 93.0 Å². The minimum atomic E-state index is 0.868. The van der Waals surface area contributed by atoms with Crippen molar-refractivity contribution < 1.29 is 0 Å². The van der Waals surface area contributed by atoms with Crippen molar-refractivity contribution in [1.29, 1.82) is 0 Å². The maximum atomic E-state index is 4.45. The Morgan fingerprint density at radius 3 is 2.87 bits per heavy atom. The van der Waals surface area contributed by atoms with E-state index >= 15 is 0 Å². The minimum absolute atomic E-state index is 0.868. The van der Waals surface area contributed by atoms with Crippen LogP contribution in [0.2, 0.25) is 0 Å². The molecule has 1 N–H and O–H groups in total. The molecule has 2 aromatic heterocycles. The van der Waals surface area contributed by atoms with Crippen LogP contribution >= 0.6 is 11.3 Å². The third-order valence-corrected chi connectivity index (χ3v) is 3.32. The van der Waals surface area contributed by atoms with Crippen LogP contribution in [0.4, 0.5) is 10.8 Å². The van der Waals surface area contributed by atoms with E-state index in [2.05, 4.69) is 22.3 Å². The second-order valence-corrected chi connectivity index (χ2v) is 4.46. The molecule has 0 saturated heterocycles. The van der Waals surface area contributed by atoms with E-state index in [0.29, 0.717) is 0 Å². The number of nitrogens with zero attached hydrogens (tertiary/aromatic N) is 3. The molecule has 0 amide bonds. The highest BCUT2D eigenvalue weighted by molar-refractivity contribution is 7.15. The number of rotatable bonds is 3. The number of hydrogen-bond acceptors (Lipinski definition) is 4. The van der Waals surface area contributed by atoms with Gasteiger partial charge in [0, 0.05) is 19.3 Å². The first-order valence-electron chi connectivity index (χ1n) is 4.92. The number of nitrogens with one attached hydrogen (secondary N) is 1. The summed E-state index contributed by atoms with van der Waals surface area (Å²) in [4.78, 5) is 4.45. The van der Waals surface area contributed by atoms with Gasteiger partial charge in [-0.15, -0.1) is 11.3 Å². The molecule has 15 heavy (non-hydrogen) atoms. The quantitative estimate of drug-likeness (QED) is 0.867. The Hall–Kier alpha value is -1.36. The van der Waals surface area contributed by atoms with Crippen molar-refractivity contribution in [2.24, 2.45) is 7.05 Å². The van der Waals surface area contributed by atoms with Crippen LogP contribution in [-0.2, 0) is 13.5 Å². The van der Waals surface area contributed by atoms with Crippen LogP contribution in [-0.4, -0.2) is 14.8 Å². The first-order chi connectivity index (χ1) is 7.19. The Morgan fingerprint density at radius 2 is 2.33 bits per heavy atom. The summed E-state index contributed by atoms with van der Waals surface area (Å²) in [6.45, 7) is 4.13. The van der Waals surface area contributed by atoms with E-state index in [1.165, 1.54) is 0 Å². The van der Waals surface area contributed by atoms with Gasteiger partial charge in [-0.1, -0.05) is 6.92 Å². The standard InChI is InChI=1S/C10H14N4S/c1-4-9-11-7(2)10(15-9)12-8-5-6-14(3)13-8/h5-6H,4H2,1-3H3,(H,12,13). The van der Waals surface area contributed by atoms with Crippen LogP contribution in [0.1, 0.15) is 17.6 Å². The van der Waals surface area contributed by atoms with Crippen LogP contribution in [0.3, 0.4) is 0 Å². The SMILES string of the molecule is CCc1nc(C)c(Nc2ccn(C)n2)s1.